The Kier molecular flexibility index (Phi) is 4.04. The molecule has 1 aliphatic rings. The minimum atomic E-state index is -3.31. The first-order chi connectivity index (χ1) is 9.29. The molecule has 1 aromatic rings. The number of rotatable bonds is 2. The molecule has 1 atom stereocenters. The molecule has 0 spiro atoms. The predicted octanol–water partition coefficient (Wildman–Crippen LogP) is 1.54. The Morgan fingerprint density at radius 1 is 1.40 bits per heavy atom. The average Bonchev–Trinajstić information content (AvgIpc) is 2.36. The first kappa shape index (κ1) is 14.8. The van der Waals surface area contributed by atoms with Crippen molar-refractivity contribution in [1.82, 2.24) is 4.90 Å². The van der Waals surface area contributed by atoms with Gasteiger partial charge in [0.05, 0.1) is 10.5 Å². The van der Waals surface area contributed by atoms with E-state index < -0.39 is 9.84 Å². The third-order valence-corrected chi connectivity index (χ3v) is 4.74. The summed E-state index contributed by atoms with van der Waals surface area (Å²) in [6, 6.07) is 4.30. The molecule has 1 fully saturated rings. The van der Waals surface area contributed by atoms with Gasteiger partial charge in [0, 0.05) is 25.0 Å². The molecule has 6 heteroatoms. The Labute approximate surface area is 119 Å². The molecule has 1 amide bonds. The Bertz CT molecular complexity index is 625. The highest BCUT2D eigenvalue weighted by Crippen LogP contribution is 2.23. The van der Waals surface area contributed by atoms with Gasteiger partial charge in [-0.3, -0.25) is 4.79 Å². The third-order valence-electron chi connectivity index (χ3n) is 3.63. The normalized spacial score (nSPS) is 19.9. The average molecular weight is 296 g/mol. The first-order valence-corrected chi connectivity index (χ1v) is 8.57. The fourth-order valence-electron chi connectivity index (χ4n) is 2.51. The van der Waals surface area contributed by atoms with Gasteiger partial charge in [-0.25, -0.2) is 8.42 Å². The summed E-state index contributed by atoms with van der Waals surface area (Å²) in [4.78, 5) is 14.4. The first-order valence-electron chi connectivity index (χ1n) is 6.68. The van der Waals surface area contributed by atoms with E-state index in [0.29, 0.717) is 11.5 Å². The van der Waals surface area contributed by atoms with Crippen LogP contribution >= 0.6 is 0 Å². The van der Waals surface area contributed by atoms with Gasteiger partial charge in [0.1, 0.15) is 0 Å². The molecular weight excluding hydrogens is 276 g/mol. The van der Waals surface area contributed by atoms with E-state index in [1.54, 1.807) is 4.90 Å². The highest BCUT2D eigenvalue weighted by atomic mass is 32.2. The molecule has 0 aromatic heterocycles. The summed E-state index contributed by atoms with van der Waals surface area (Å²) < 4.78 is 22.9. The van der Waals surface area contributed by atoms with Crippen LogP contribution in [0.25, 0.3) is 0 Å². The molecule has 5 nitrogen and oxygen atoms in total. The summed E-state index contributed by atoms with van der Waals surface area (Å²) in [5.74, 6) is 0.373. The minimum absolute atomic E-state index is 0.117. The van der Waals surface area contributed by atoms with E-state index in [9.17, 15) is 13.2 Å². The topological polar surface area (TPSA) is 80.5 Å². The maximum absolute atomic E-state index is 12.4. The maximum Gasteiger partial charge on any atom is 0.255 e. The van der Waals surface area contributed by atoms with Crippen LogP contribution in [0.15, 0.2) is 23.1 Å². The molecule has 110 valence electrons. The molecule has 1 unspecified atom stereocenters. The highest BCUT2D eigenvalue weighted by Gasteiger charge is 2.24. The van der Waals surface area contributed by atoms with Gasteiger partial charge < -0.3 is 10.6 Å². The van der Waals surface area contributed by atoms with Gasteiger partial charge in [-0.15, -0.1) is 0 Å². The monoisotopic (exact) mass is 296 g/mol. The van der Waals surface area contributed by atoms with Crippen LogP contribution in [-0.2, 0) is 9.84 Å². The van der Waals surface area contributed by atoms with Crippen LogP contribution in [0.2, 0.25) is 0 Å². The summed E-state index contributed by atoms with van der Waals surface area (Å²) in [7, 11) is -3.31. The molecule has 1 aliphatic heterocycles. The molecular formula is C14H20N2O3S. The van der Waals surface area contributed by atoms with Gasteiger partial charge in [-0.05, 0) is 37.0 Å². The van der Waals surface area contributed by atoms with Crippen molar-refractivity contribution < 1.29 is 13.2 Å². The van der Waals surface area contributed by atoms with Crippen molar-refractivity contribution in [3.05, 3.63) is 23.8 Å². The summed E-state index contributed by atoms with van der Waals surface area (Å²) >= 11 is 0. The number of likely N-dealkylation sites (tertiary alicyclic amines) is 1. The summed E-state index contributed by atoms with van der Waals surface area (Å²) in [5, 5.41) is 0. The second-order valence-corrected chi connectivity index (χ2v) is 7.54. The number of nitrogens with zero attached hydrogens (tertiary/aromatic N) is 1. The van der Waals surface area contributed by atoms with Crippen LogP contribution < -0.4 is 5.73 Å². The van der Waals surface area contributed by atoms with Gasteiger partial charge in [0.15, 0.2) is 9.84 Å². The molecule has 1 heterocycles. The third kappa shape index (κ3) is 3.12. The Morgan fingerprint density at radius 3 is 2.65 bits per heavy atom. The molecule has 2 N–H and O–H groups in total. The molecule has 0 saturated carbocycles. The van der Waals surface area contributed by atoms with E-state index >= 15 is 0 Å². The van der Waals surface area contributed by atoms with E-state index in [0.717, 1.165) is 32.2 Å². The van der Waals surface area contributed by atoms with Crippen LogP contribution in [0.5, 0.6) is 0 Å². The van der Waals surface area contributed by atoms with Crippen molar-refractivity contribution in [1.29, 1.82) is 0 Å². The van der Waals surface area contributed by atoms with E-state index in [2.05, 4.69) is 6.92 Å². The van der Waals surface area contributed by atoms with Crippen LogP contribution in [0.4, 0.5) is 5.69 Å². The summed E-state index contributed by atoms with van der Waals surface area (Å²) in [6.07, 6.45) is 3.25. The highest BCUT2D eigenvalue weighted by molar-refractivity contribution is 7.90. The van der Waals surface area contributed by atoms with Crippen LogP contribution in [-0.4, -0.2) is 38.6 Å². The second kappa shape index (κ2) is 5.44. The van der Waals surface area contributed by atoms with E-state index in [1.807, 2.05) is 0 Å². The lowest BCUT2D eigenvalue weighted by Crippen LogP contribution is -2.39. The number of amides is 1. The Morgan fingerprint density at radius 2 is 2.10 bits per heavy atom. The number of hydrogen-bond donors (Lipinski definition) is 1. The second-order valence-electron chi connectivity index (χ2n) is 5.52. The van der Waals surface area contributed by atoms with Gasteiger partial charge in [0.25, 0.3) is 5.91 Å². The summed E-state index contributed by atoms with van der Waals surface area (Å²) in [6.45, 7) is 3.58. The van der Waals surface area contributed by atoms with Crippen molar-refractivity contribution in [2.24, 2.45) is 5.92 Å². The van der Waals surface area contributed by atoms with Gasteiger partial charge >= 0.3 is 0 Å². The maximum atomic E-state index is 12.4. The Hall–Kier alpha value is -1.56. The number of piperidine rings is 1. The van der Waals surface area contributed by atoms with E-state index in [-0.39, 0.29) is 16.5 Å². The SMILES string of the molecule is CC1CCCN(C(=O)c2ccc(S(C)(=O)=O)cc2N)C1. The van der Waals surface area contributed by atoms with Crippen LogP contribution in [0, 0.1) is 5.92 Å². The largest absolute Gasteiger partial charge is 0.398 e. The molecule has 0 radical (unpaired) electrons. The van der Waals surface area contributed by atoms with Gasteiger partial charge in [-0.2, -0.15) is 0 Å². The van der Waals surface area contributed by atoms with Crippen molar-refractivity contribution in [2.75, 3.05) is 25.1 Å². The number of sulfone groups is 1. The zero-order valence-electron chi connectivity index (χ0n) is 11.8. The zero-order valence-corrected chi connectivity index (χ0v) is 12.6. The lowest BCUT2D eigenvalue weighted by atomic mass is 9.99. The summed E-state index contributed by atoms with van der Waals surface area (Å²) in [5.41, 5.74) is 6.45. The van der Waals surface area contributed by atoms with Crippen LogP contribution in [0.1, 0.15) is 30.1 Å². The standard InChI is InChI=1S/C14H20N2O3S/c1-10-4-3-7-16(9-10)14(17)12-6-5-11(8-13(12)15)20(2,18)19/h5-6,8,10H,3-4,7,9,15H2,1-2H3. The van der Waals surface area contributed by atoms with Crippen molar-refractivity contribution >= 4 is 21.4 Å². The lowest BCUT2D eigenvalue weighted by Gasteiger charge is -2.31. The fourth-order valence-corrected chi connectivity index (χ4v) is 3.17. The van der Waals surface area contributed by atoms with E-state index in [4.69, 9.17) is 5.73 Å². The number of hydrogen-bond acceptors (Lipinski definition) is 4. The fraction of sp³-hybridized carbons (Fsp3) is 0.500. The van der Waals surface area contributed by atoms with Gasteiger partial charge in [0.2, 0.25) is 0 Å². The van der Waals surface area contributed by atoms with Crippen molar-refractivity contribution in [3.8, 4) is 0 Å². The number of nitrogens with two attached hydrogens (primary N) is 1. The van der Waals surface area contributed by atoms with Crippen LogP contribution in [0.3, 0.4) is 0 Å². The van der Waals surface area contributed by atoms with Gasteiger partial charge in [-0.1, -0.05) is 6.92 Å². The lowest BCUT2D eigenvalue weighted by molar-refractivity contribution is 0.0684. The smallest absolute Gasteiger partial charge is 0.255 e. The molecule has 0 bridgehead atoms. The number of carbonyl (C=O) groups excluding carboxylic acids is 1. The number of benzene rings is 1. The number of anilines is 1. The molecule has 0 aliphatic carbocycles. The predicted molar refractivity (Wildman–Crippen MR) is 78.3 cm³/mol. The quantitative estimate of drug-likeness (QED) is 0.840. The minimum Gasteiger partial charge on any atom is -0.398 e. The molecule has 1 aromatic carbocycles. The van der Waals surface area contributed by atoms with Crippen molar-refractivity contribution in [2.45, 2.75) is 24.7 Å². The van der Waals surface area contributed by atoms with E-state index in [1.165, 1.54) is 18.2 Å². The number of nitrogen functional groups attached to an aromatic ring is 1. The Balaban J connectivity index is 2.27. The zero-order chi connectivity index (χ0) is 14.9. The molecule has 20 heavy (non-hydrogen) atoms. The molecule has 2 rings (SSSR count). The van der Waals surface area contributed by atoms with Crippen molar-refractivity contribution in [3.63, 3.8) is 0 Å². The molecule has 1 saturated heterocycles. The number of carbonyl (C=O) groups is 1.